The lowest BCUT2D eigenvalue weighted by Crippen LogP contribution is -2.10. The largest absolute Gasteiger partial charge is 0.462 e. The minimum absolute atomic E-state index is 0.152. The SMILES string of the molecule is CCOC(=O)c1cc(OC(C)=O)c2c(c1)c1ccccc1n2C(C)=O. The molecular formula is C19H17NO5. The molecule has 0 amide bonds. The highest BCUT2D eigenvalue weighted by Gasteiger charge is 2.21. The first kappa shape index (κ1) is 16.7. The van der Waals surface area contributed by atoms with E-state index in [1.165, 1.54) is 24.5 Å². The minimum atomic E-state index is -0.539. The quantitative estimate of drug-likeness (QED) is 0.539. The van der Waals surface area contributed by atoms with Crippen molar-refractivity contribution in [3.8, 4) is 5.75 Å². The van der Waals surface area contributed by atoms with Gasteiger partial charge >= 0.3 is 11.9 Å². The summed E-state index contributed by atoms with van der Waals surface area (Å²) in [5.41, 5.74) is 1.40. The summed E-state index contributed by atoms with van der Waals surface area (Å²) in [6.45, 7) is 4.65. The Hall–Kier alpha value is -3.15. The third kappa shape index (κ3) is 2.87. The molecule has 0 aliphatic rings. The number of hydrogen-bond acceptors (Lipinski definition) is 5. The number of para-hydroxylation sites is 1. The number of carbonyl (C=O) groups excluding carboxylic acids is 3. The smallest absolute Gasteiger partial charge is 0.338 e. The fraction of sp³-hybridized carbons (Fsp3) is 0.211. The van der Waals surface area contributed by atoms with Gasteiger partial charge in [-0.25, -0.2) is 4.79 Å². The van der Waals surface area contributed by atoms with E-state index in [2.05, 4.69) is 0 Å². The zero-order chi connectivity index (χ0) is 18.1. The van der Waals surface area contributed by atoms with E-state index >= 15 is 0 Å². The summed E-state index contributed by atoms with van der Waals surface area (Å²) < 4.78 is 11.8. The molecule has 2 aromatic carbocycles. The summed E-state index contributed by atoms with van der Waals surface area (Å²) in [4.78, 5) is 35.9. The molecule has 1 aromatic heterocycles. The van der Waals surface area contributed by atoms with Gasteiger partial charge in [0.05, 0.1) is 23.2 Å². The second-order valence-corrected chi connectivity index (χ2v) is 5.56. The first-order valence-corrected chi connectivity index (χ1v) is 7.87. The Morgan fingerprint density at radius 3 is 2.40 bits per heavy atom. The van der Waals surface area contributed by atoms with Crippen molar-refractivity contribution >= 4 is 39.7 Å². The fourth-order valence-electron chi connectivity index (χ4n) is 2.95. The third-order valence-corrected chi connectivity index (χ3v) is 3.81. The van der Waals surface area contributed by atoms with Gasteiger partial charge in [0.2, 0.25) is 5.91 Å². The van der Waals surface area contributed by atoms with E-state index in [-0.39, 0.29) is 23.8 Å². The molecule has 3 aromatic rings. The van der Waals surface area contributed by atoms with Crippen LogP contribution in [0, 0.1) is 0 Å². The van der Waals surface area contributed by atoms with E-state index in [0.29, 0.717) is 16.4 Å². The third-order valence-electron chi connectivity index (χ3n) is 3.81. The molecule has 25 heavy (non-hydrogen) atoms. The summed E-state index contributed by atoms with van der Waals surface area (Å²) in [7, 11) is 0. The highest BCUT2D eigenvalue weighted by molar-refractivity contribution is 6.16. The van der Waals surface area contributed by atoms with Crippen LogP contribution in [0.25, 0.3) is 21.8 Å². The average Bonchev–Trinajstić information content (AvgIpc) is 2.89. The number of fused-ring (bicyclic) bond motifs is 3. The molecule has 0 N–H and O–H groups in total. The van der Waals surface area contributed by atoms with Gasteiger partial charge in [0.1, 0.15) is 0 Å². The predicted molar refractivity (Wildman–Crippen MR) is 93.0 cm³/mol. The van der Waals surface area contributed by atoms with Crippen molar-refractivity contribution in [2.24, 2.45) is 0 Å². The molecule has 0 atom stereocenters. The van der Waals surface area contributed by atoms with Crippen LogP contribution in [0.4, 0.5) is 0 Å². The Morgan fingerprint density at radius 1 is 1.04 bits per heavy atom. The van der Waals surface area contributed by atoms with Crippen LogP contribution in [0.5, 0.6) is 5.75 Å². The Morgan fingerprint density at radius 2 is 1.76 bits per heavy atom. The number of benzene rings is 2. The van der Waals surface area contributed by atoms with Gasteiger partial charge in [0.15, 0.2) is 5.75 Å². The van der Waals surface area contributed by atoms with E-state index < -0.39 is 11.9 Å². The van der Waals surface area contributed by atoms with E-state index in [4.69, 9.17) is 9.47 Å². The Balaban J connectivity index is 2.44. The van der Waals surface area contributed by atoms with Crippen molar-refractivity contribution in [3.63, 3.8) is 0 Å². The van der Waals surface area contributed by atoms with Gasteiger partial charge in [-0.1, -0.05) is 18.2 Å². The van der Waals surface area contributed by atoms with Crippen molar-refractivity contribution in [2.45, 2.75) is 20.8 Å². The normalized spacial score (nSPS) is 10.8. The number of esters is 2. The first-order valence-electron chi connectivity index (χ1n) is 7.87. The van der Waals surface area contributed by atoms with Gasteiger partial charge in [0.25, 0.3) is 0 Å². The maximum Gasteiger partial charge on any atom is 0.338 e. The summed E-state index contributed by atoms with van der Waals surface area (Å²) in [5, 5.41) is 1.43. The van der Waals surface area contributed by atoms with Gasteiger partial charge in [-0.3, -0.25) is 14.2 Å². The first-order chi connectivity index (χ1) is 11.9. The van der Waals surface area contributed by atoms with Crippen LogP contribution in [0.3, 0.4) is 0 Å². The lowest BCUT2D eigenvalue weighted by atomic mass is 10.1. The Bertz CT molecular complexity index is 1020. The Kier molecular flexibility index (Phi) is 4.27. The van der Waals surface area contributed by atoms with Crippen molar-refractivity contribution in [3.05, 3.63) is 42.0 Å². The second kappa shape index (κ2) is 6.39. The number of ether oxygens (including phenoxy) is 2. The zero-order valence-corrected chi connectivity index (χ0v) is 14.2. The standard InChI is InChI=1S/C19H17NO5/c1-4-24-19(23)13-9-15-14-7-5-6-8-16(14)20(11(2)21)18(15)17(10-13)25-12(3)22/h5-10H,4H2,1-3H3. The summed E-state index contributed by atoms with van der Waals surface area (Å²) in [6.07, 6.45) is 0. The maximum atomic E-state index is 12.2. The van der Waals surface area contributed by atoms with Crippen molar-refractivity contribution in [2.75, 3.05) is 6.61 Å². The van der Waals surface area contributed by atoms with E-state index in [1.54, 1.807) is 19.1 Å². The summed E-state index contributed by atoms with van der Waals surface area (Å²) >= 11 is 0. The molecule has 0 spiro atoms. The van der Waals surface area contributed by atoms with Gasteiger partial charge in [0, 0.05) is 24.6 Å². The number of hydrogen-bond donors (Lipinski definition) is 0. The van der Waals surface area contributed by atoms with Crippen LogP contribution in [-0.4, -0.2) is 29.0 Å². The molecule has 0 aliphatic heterocycles. The van der Waals surface area contributed by atoms with Crippen LogP contribution in [0.1, 0.15) is 35.9 Å². The fourth-order valence-corrected chi connectivity index (χ4v) is 2.95. The van der Waals surface area contributed by atoms with Crippen LogP contribution >= 0.6 is 0 Å². The van der Waals surface area contributed by atoms with Crippen molar-refractivity contribution in [1.29, 1.82) is 0 Å². The zero-order valence-electron chi connectivity index (χ0n) is 14.2. The average molecular weight is 339 g/mol. The van der Waals surface area contributed by atoms with Gasteiger partial charge < -0.3 is 9.47 Å². The second-order valence-electron chi connectivity index (χ2n) is 5.56. The number of rotatable bonds is 3. The van der Waals surface area contributed by atoms with E-state index in [9.17, 15) is 14.4 Å². The predicted octanol–water partition coefficient (Wildman–Crippen LogP) is 3.56. The lowest BCUT2D eigenvalue weighted by Gasteiger charge is -2.09. The van der Waals surface area contributed by atoms with Crippen molar-refractivity contribution in [1.82, 2.24) is 4.57 Å². The highest BCUT2D eigenvalue weighted by atomic mass is 16.5. The summed E-state index contributed by atoms with van der Waals surface area (Å²) in [6, 6.07) is 10.4. The molecule has 0 saturated heterocycles. The number of aromatic nitrogens is 1. The van der Waals surface area contributed by atoms with Gasteiger partial charge in [-0.05, 0) is 25.1 Å². The molecule has 6 heteroatoms. The summed E-state index contributed by atoms with van der Waals surface area (Å²) in [5.74, 6) is -1.12. The van der Waals surface area contributed by atoms with E-state index in [1.807, 2.05) is 18.2 Å². The molecule has 3 rings (SSSR count). The molecule has 0 unspecified atom stereocenters. The number of carbonyl (C=O) groups is 3. The molecule has 0 aliphatic carbocycles. The topological polar surface area (TPSA) is 74.6 Å². The van der Waals surface area contributed by atoms with Gasteiger partial charge in [-0.15, -0.1) is 0 Å². The Labute approximate surface area is 143 Å². The molecule has 0 fully saturated rings. The molecule has 0 bridgehead atoms. The monoisotopic (exact) mass is 339 g/mol. The molecule has 6 nitrogen and oxygen atoms in total. The molecular weight excluding hydrogens is 322 g/mol. The van der Waals surface area contributed by atoms with Crippen molar-refractivity contribution < 1.29 is 23.9 Å². The van der Waals surface area contributed by atoms with Crippen LogP contribution in [0.2, 0.25) is 0 Å². The maximum absolute atomic E-state index is 12.2. The molecule has 1 heterocycles. The molecule has 0 radical (unpaired) electrons. The van der Waals surface area contributed by atoms with Gasteiger partial charge in [-0.2, -0.15) is 0 Å². The molecule has 0 saturated carbocycles. The van der Waals surface area contributed by atoms with E-state index in [0.717, 1.165) is 5.39 Å². The number of nitrogens with zero attached hydrogens (tertiary/aromatic N) is 1. The molecule has 128 valence electrons. The highest BCUT2D eigenvalue weighted by Crippen LogP contribution is 2.36. The minimum Gasteiger partial charge on any atom is -0.462 e. The van der Waals surface area contributed by atoms with Crippen LogP contribution in [0.15, 0.2) is 36.4 Å². The van der Waals surface area contributed by atoms with Crippen LogP contribution < -0.4 is 4.74 Å². The van der Waals surface area contributed by atoms with Crippen LogP contribution in [-0.2, 0) is 9.53 Å². The lowest BCUT2D eigenvalue weighted by molar-refractivity contribution is -0.131.